The molecule has 0 unspecified atom stereocenters. The molecule has 0 atom stereocenters. The van der Waals surface area contributed by atoms with Gasteiger partial charge < -0.3 is 16.0 Å². The molecule has 0 saturated carbocycles. The number of rotatable bonds is 3. The van der Waals surface area contributed by atoms with E-state index in [1.54, 1.807) is 6.20 Å². The number of carbonyl (C=O) groups excluding carboxylic acids is 1. The molecule has 0 fully saturated rings. The Morgan fingerprint density at radius 3 is 2.78 bits per heavy atom. The van der Waals surface area contributed by atoms with Gasteiger partial charge in [-0.05, 0) is 6.92 Å². The van der Waals surface area contributed by atoms with Crippen molar-refractivity contribution >= 4 is 11.6 Å². The minimum absolute atomic E-state index is 0.0681. The minimum atomic E-state index is -0.752. The molecule has 8 heteroatoms. The van der Waals surface area contributed by atoms with Crippen molar-refractivity contribution in [3.05, 3.63) is 34.6 Å². The van der Waals surface area contributed by atoms with Gasteiger partial charge in [0.2, 0.25) is 5.82 Å². The monoisotopic (exact) mass is 248 g/mol. The highest BCUT2D eigenvalue weighted by molar-refractivity contribution is 5.95. The van der Waals surface area contributed by atoms with Gasteiger partial charge in [0, 0.05) is 18.9 Å². The van der Waals surface area contributed by atoms with Crippen molar-refractivity contribution in [2.75, 3.05) is 5.73 Å². The summed E-state index contributed by atoms with van der Waals surface area (Å²) in [6.45, 7) is 2.34. The third-order valence-electron chi connectivity index (χ3n) is 2.43. The Hall–Kier alpha value is -2.64. The average molecular weight is 248 g/mol. The summed E-state index contributed by atoms with van der Waals surface area (Å²) in [5.41, 5.74) is 10.4. The lowest BCUT2D eigenvalue weighted by Crippen LogP contribution is -2.25. The molecule has 8 nitrogen and oxygen atoms in total. The van der Waals surface area contributed by atoms with Crippen LogP contribution in [0.1, 0.15) is 17.4 Å². The Morgan fingerprint density at radius 2 is 2.22 bits per heavy atom. The Labute approximate surface area is 102 Å². The molecule has 0 bridgehead atoms. The predicted molar refractivity (Wildman–Crippen MR) is 64.2 cm³/mol. The van der Waals surface area contributed by atoms with Crippen LogP contribution in [0.4, 0.5) is 5.69 Å². The van der Waals surface area contributed by atoms with Gasteiger partial charge in [0.15, 0.2) is 5.69 Å². The number of aryl methyl sites for hydroxylation is 1. The van der Waals surface area contributed by atoms with Gasteiger partial charge in [-0.25, -0.2) is 9.67 Å². The molecule has 2 aromatic heterocycles. The van der Waals surface area contributed by atoms with E-state index in [-0.39, 0.29) is 22.8 Å². The second kappa shape index (κ2) is 4.32. The number of carbonyl (C=O) groups is 1. The second-order valence-corrected chi connectivity index (χ2v) is 3.58. The fourth-order valence-electron chi connectivity index (χ4n) is 1.53. The lowest BCUT2D eigenvalue weighted by Gasteiger charge is -2.03. The predicted octanol–water partition coefficient (Wildman–Crippen LogP) is -0.870. The summed E-state index contributed by atoms with van der Waals surface area (Å²) in [6.07, 6.45) is 4.37. The van der Waals surface area contributed by atoms with E-state index in [1.807, 2.05) is 6.92 Å². The van der Waals surface area contributed by atoms with Gasteiger partial charge >= 0.3 is 0 Å². The standard InChI is InChI=1S/C10H12N6O2/c1-2-15-4-3-13-9(10(15)18)16-5-6(11)7(14-16)8(12)17/h3-5H,2,11H2,1H3,(H2,12,17). The van der Waals surface area contributed by atoms with E-state index in [9.17, 15) is 9.59 Å². The van der Waals surface area contributed by atoms with Crippen LogP contribution in [-0.2, 0) is 6.54 Å². The van der Waals surface area contributed by atoms with E-state index in [2.05, 4.69) is 10.1 Å². The highest BCUT2D eigenvalue weighted by atomic mass is 16.1. The second-order valence-electron chi connectivity index (χ2n) is 3.58. The zero-order chi connectivity index (χ0) is 13.3. The van der Waals surface area contributed by atoms with Crippen LogP contribution >= 0.6 is 0 Å². The van der Waals surface area contributed by atoms with E-state index in [0.717, 1.165) is 4.68 Å². The molecular weight excluding hydrogens is 236 g/mol. The van der Waals surface area contributed by atoms with E-state index < -0.39 is 5.91 Å². The van der Waals surface area contributed by atoms with Crippen LogP contribution in [-0.4, -0.2) is 25.2 Å². The normalized spacial score (nSPS) is 10.5. The maximum absolute atomic E-state index is 12.0. The van der Waals surface area contributed by atoms with Crippen LogP contribution < -0.4 is 17.0 Å². The van der Waals surface area contributed by atoms with E-state index in [1.165, 1.54) is 17.0 Å². The Kier molecular flexibility index (Phi) is 2.84. The van der Waals surface area contributed by atoms with Gasteiger partial charge in [0.05, 0.1) is 11.9 Å². The molecule has 2 rings (SSSR count). The van der Waals surface area contributed by atoms with Crippen LogP contribution in [0.25, 0.3) is 5.82 Å². The van der Waals surface area contributed by atoms with Crippen molar-refractivity contribution in [1.29, 1.82) is 0 Å². The van der Waals surface area contributed by atoms with Crippen LogP contribution in [0.3, 0.4) is 0 Å². The first-order valence-corrected chi connectivity index (χ1v) is 5.25. The highest BCUT2D eigenvalue weighted by Gasteiger charge is 2.15. The number of aromatic nitrogens is 4. The summed E-state index contributed by atoms with van der Waals surface area (Å²) in [4.78, 5) is 26.9. The summed E-state index contributed by atoms with van der Waals surface area (Å²) in [6, 6.07) is 0. The zero-order valence-electron chi connectivity index (χ0n) is 9.70. The molecule has 1 amide bonds. The Morgan fingerprint density at radius 1 is 1.50 bits per heavy atom. The number of amides is 1. The van der Waals surface area contributed by atoms with Crippen molar-refractivity contribution in [1.82, 2.24) is 19.3 Å². The fourth-order valence-corrected chi connectivity index (χ4v) is 1.53. The first-order valence-electron chi connectivity index (χ1n) is 5.25. The molecule has 18 heavy (non-hydrogen) atoms. The van der Waals surface area contributed by atoms with Gasteiger partial charge in [-0.3, -0.25) is 9.59 Å². The molecule has 2 aromatic rings. The molecular formula is C10H12N6O2. The summed E-state index contributed by atoms with van der Waals surface area (Å²) in [7, 11) is 0. The Bertz CT molecular complexity index is 657. The third kappa shape index (κ3) is 1.83. The SMILES string of the molecule is CCn1ccnc(-n2cc(N)c(C(N)=O)n2)c1=O. The van der Waals surface area contributed by atoms with Crippen molar-refractivity contribution in [2.24, 2.45) is 5.73 Å². The first-order chi connectivity index (χ1) is 8.54. The molecule has 0 aliphatic rings. The number of nitrogens with zero attached hydrogens (tertiary/aromatic N) is 4. The quantitative estimate of drug-likeness (QED) is 0.731. The number of primary amides is 1. The van der Waals surface area contributed by atoms with Gasteiger partial charge in [-0.15, -0.1) is 0 Å². The number of anilines is 1. The molecule has 0 aromatic carbocycles. The van der Waals surface area contributed by atoms with Gasteiger partial charge in [-0.2, -0.15) is 5.10 Å². The Balaban J connectivity index is 2.59. The molecule has 0 aliphatic carbocycles. The van der Waals surface area contributed by atoms with Crippen LogP contribution in [0.5, 0.6) is 0 Å². The molecule has 0 spiro atoms. The van der Waals surface area contributed by atoms with Crippen LogP contribution in [0.2, 0.25) is 0 Å². The first kappa shape index (κ1) is 11.8. The fraction of sp³-hybridized carbons (Fsp3) is 0.200. The number of nitrogen functional groups attached to an aromatic ring is 1. The summed E-state index contributed by atoms with van der Waals surface area (Å²) in [5.74, 6) is -0.684. The van der Waals surface area contributed by atoms with E-state index in [0.29, 0.717) is 6.54 Å². The lowest BCUT2D eigenvalue weighted by molar-refractivity contribution is 0.0996. The molecule has 2 heterocycles. The van der Waals surface area contributed by atoms with Gasteiger partial charge in [0.25, 0.3) is 11.5 Å². The summed E-state index contributed by atoms with van der Waals surface area (Å²) in [5, 5.41) is 3.86. The average Bonchev–Trinajstić information content (AvgIpc) is 2.71. The van der Waals surface area contributed by atoms with Gasteiger partial charge in [0.1, 0.15) is 0 Å². The topological polar surface area (TPSA) is 122 Å². The smallest absolute Gasteiger partial charge is 0.295 e. The van der Waals surface area contributed by atoms with Crippen molar-refractivity contribution in [2.45, 2.75) is 13.5 Å². The zero-order valence-corrected chi connectivity index (χ0v) is 9.70. The highest BCUT2D eigenvalue weighted by Crippen LogP contribution is 2.09. The van der Waals surface area contributed by atoms with Crippen LogP contribution in [0.15, 0.2) is 23.4 Å². The maximum Gasteiger partial charge on any atom is 0.295 e. The van der Waals surface area contributed by atoms with Crippen molar-refractivity contribution < 1.29 is 4.79 Å². The van der Waals surface area contributed by atoms with E-state index >= 15 is 0 Å². The minimum Gasteiger partial charge on any atom is -0.396 e. The molecule has 0 radical (unpaired) electrons. The largest absolute Gasteiger partial charge is 0.396 e. The number of nitrogens with two attached hydrogens (primary N) is 2. The maximum atomic E-state index is 12.0. The van der Waals surface area contributed by atoms with Crippen molar-refractivity contribution in [3.8, 4) is 5.82 Å². The summed E-state index contributed by atoms with van der Waals surface area (Å²) < 4.78 is 2.62. The molecule has 0 saturated heterocycles. The number of hydrogen-bond acceptors (Lipinski definition) is 5. The third-order valence-corrected chi connectivity index (χ3v) is 2.43. The summed E-state index contributed by atoms with van der Waals surface area (Å²) >= 11 is 0. The number of hydrogen-bond donors (Lipinski definition) is 2. The van der Waals surface area contributed by atoms with Crippen molar-refractivity contribution in [3.63, 3.8) is 0 Å². The van der Waals surface area contributed by atoms with Crippen LogP contribution in [0, 0.1) is 0 Å². The van der Waals surface area contributed by atoms with Gasteiger partial charge in [-0.1, -0.05) is 0 Å². The molecule has 94 valence electrons. The molecule has 4 N–H and O–H groups in total. The molecule has 0 aliphatic heterocycles. The lowest BCUT2D eigenvalue weighted by atomic mass is 10.4. The van der Waals surface area contributed by atoms with E-state index in [4.69, 9.17) is 11.5 Å².